The third kappa shape index (κ3) is 3.80. The molecule has 3 rings (SSSR count). The second-order valence-corrected chi connectivity index (χ2v) is 6.63. The molecule has 1 aromatic heterocycles. The summed E-state index contributed by atoms with van der Waals surface area (Å²) in [5, 5.41) is 19.2. The number of nitrogens with zero attached hydrogens (tertiary/aromatic N) is 4. The first kappa shape index (κ1) is 17.4. The van der Waals surface area contributed by atoms with Crippen molar-refractivity contribution < 1.29 is 14.6 Å². The van der Waals surface area contributed by atoms with Crippen LogP contribution in [0.1, 0.15) is 24.8 Å². The number of carbonyl (C=O) groups is 1. The van der Waals surface area contributed by atoms with E-state index in [2.05, 4.69) is 17.1 Å². The molecule has 1 aromatic carbocycles. The number of rotatable bonds is 6. The average Bonchev–Trinajstić information content (AvgIpc) is 3.17. The van der Waals surface area contributed by atoms with E-state index < -0.39 is 6.23 Å². The predicted molar refractivity (Wildman–Crippen MR) is 96.4 cm³/mol. The largest absolute Gasteiger partial charge is 0.454 e. The van der Waals surface area contributed by atoms with Gasteiger partial charge in [0.25, 0.3) is 0 Å². The molecule has 0 saturated carbocycles. The molecule has 1 atom stereocenters. The van der Waals surface area contributed by atoms with Crippen molar-refractivity contribution in [1.82, 2.24) is 15.1 Å². The van der Waals surface area contributed by atoms with E-state index in [4.69, 9.17) is 4.74 Å². The van der Waals surface area contributed by atoms with E-state index in [0.29, 0.717) is 21.6 Å². The summed E-state index contributed by atoms with van der Waals surface area (Å²) < 4.78 is 5.95. The van der Waals surface area contributed by atoms with Crippen molar-refractivity contribution in [3.8, 4) is 5.75 Å². The smallest absolute Gasteiger partial charge is 0.328 e. The second-order valence-electron chi connectivity index (χ2n) is 5.68. The molecule has 7 nitrogen and oxygen atoms in total. The minimum absolute atomic E-state index is 0.243. The van der Waals surface area contributed by atoms with Crippen LogP contribution in [0.15, 0.2) is 36.4 Å². The van der Waals surface area contributed by atoms with Gasteiger partial charge >= 0.3 is 6.03 Å². The van der Waals surface area contributed by atoms with Crippen LogP contribution in [0.5, 0.6) is 5.75 Å². The lowest BCUT2D eigenvalue weighted by Gasteiger charge is -2.14. The summed E-state index contributed by atoms with van der Waals surface area (Å²) in [6.07, 6.45) is 2.86. The Morgan fingerprint density at radius 1 is 1.40 bits per heavy atom. The Balaban J connectivity index is 1.85. The Hall–Kier alpha value is -2.45. The van der Waals surface area contributed by atoms with Crippen molar-refractivity contribution in [2.24, 2.45) is 0 Å². The van der Waals surface area contributed by atoms with Gasteiger partial charge < -0.3 is 14.7 Å². The highest BCUT2D eigenvalue weighted by atomic mass is 32.1. The van der Waals surface area contributed by atoms with Crippen LogP contribution in [-0.2, 0) is 0 Å². The Morgan fingerprint density at radius 3 is 2.80 bits per heavy atom. The molecule has 0 radical (unpaired) electrons. The Bertz CT molecular complexity index is 762. The van der Waals surface area contributed by atoms with Crippen LogP contribution in [0.3, 0.4) is 0 Å². The molecule has 1 fully saturated rings. The van der Waals surface area contributed by atoms with Crippen LogP contribution in [0, 0.1) is 0 Å². The fraction of sp³-hybridized carbons (Fsp3) is 0.353. The van der Waals surface area contributed by atoms with Crippen molar-refractivity contribution in [3.63, 3.8) is 0 Å². The van der Waals surface area contributed by atoms with Gasteiger partial charge in [0.2, 0.25) is 5.13 Å². The van der Waals surface area contributed by atoms with Crippen LogP contribution in [0.2, 0.25) is 0 Å². The lowest BCUT2D eigenvalue weighted by molar-refractivity contribution is 0.183. The molecule has 2 heterocycles. The number of likely N-dealkylation sites (N-methyl/N-ethyl adjacent to an activating group) is 1. The molecule has 2 amide bonds. The van der Waals surface area contributed by atoms with Gasteiger partial charge in [-0.25, -0.2) is 9.69 Å². The minimum atomic E-state index is -0.920. The number of unbranched alkanes of at least 4 members (excludes halogenated alkanes) is 1. The minimum Gasteiger partial charge on any atom is -0.454 e. The fourth-order valence-corrected chi connectivity index (χ4v) is 3.26. The van der Waals surface area contributed by atoms with Crippen LogP contribution in [0.25, 0.3) is 5.76 Å². The maximum atomic E-state index is 12.1. The number of β-amino-alcohol motifs (C(OH)–C–C–N with tert-alkyl or cyclic N) is 1. The quantitative estimate of drug-likeness (QED) is 0.801. The standard InChI is InChI=1S/C17H20N4O3S/c1-3-4-10-13(24-12-8-6-5-7-9-12)15-18-19-16(25-15)21-14(22)11-20(2)17(21)23/h5-10,14,22H,3-4,11H2,1-2H3. The summed E-state index contributed by atoms with van der Waals surface area (Å²) in [6.45, 7) is 2.32. The third-order valence-electron chi connectivity index (χ3n) is 3.69. The topological polar surface area (TPSA) is 78.8 Å². The molecule has 25 heavy (non-hydrogen) atoms. The number of ether oxygens (including phenoxy) is 1. The first-order valence-electron chi connectivity index (χ1n) is 8.09. The van der Waals surface area contributed by atoms with Gasteiger partial charge in [0.15, 0.2) is 17.0 Å². The Kier molecular flexibility index (Phi) is 5.30. The maximum absolute atomic E-state index is 12.1. The maximum Gasteiger partial charge on any atom is 0.328 e. The van der Waals surface area contributed by atoms with Gasteiger partial charge in [0.05, 0.1) is 6.54 Å². The van der Waals surface area contributed by atoms with E-state index in [1.165, 1.54) is 21.1 Å². The molecule has 1 saturated heterocycles. The van der Waals surface area contributed by atoms with Crippen LogP contribution in [-0.4, -0.2) is 46.1 Å². The highest BCUT2D eigenvalue weighted by molar-refractivity contribution is 7.16. The van der Waals surface area contributed by atoms with E-state index in [9.17, 15) is 9.90 Å². The lowest BCUT2D eigenvalue weighted by atomic mass is 10.3. The summed E-state index contributed by atoms with van der Waals surface area (Å²) in [5.41, 5.74) is 0. The number of allylic oxidation sites excluding steroid dienone is 1. The van der Waals surface area contributed by atoms with Crippen LogP contribution >= 0.6 is 11.3 Å². The molecule has 1 unspecified atom stereocenters. The zero-order chi connectivity index (χ0) is 17.8. The fourth-order valence-electron chi connectivity index (χ4n) is 2.40. The van der Waals surface area contributed by atoms with E-state index in [1.54, 1.807) is 7.05 Å². The number of aromatic nitrogens is 2. The number of aliphatic hydroxyl groups excluding tert-OH is 1. The summed E-state index contributed by atoms with van der Waals surface area (Å²) in [6, 6.07) is 9.15. The summed E-state index contributed by atoms with van der Waals surface area (Å²) in [5.74, 6) is 1.31. The van der Waals surface area contributed by atoms with Gasteiger partial charge in [0, 0.05) is 7.05 Å². The van der Waals surface area contributed by atoms with Gasteiger partial charge in [-0.1, -0.05) is 42.9 Å². The Morgan fingerprint density at radius 2 is 2.16 bits per heavy atom. The van der Waals surface area contributed by atoms with Crippen LogP contribution < -0.4 is 9.64 Å². The molecular formula is C17H20N4O3S. The number of hydrogen-bond acceptors (Lipinski definition) is 6. The number of hydrogen-bond donors (Lipinski definition) is 1. The highest BCUT2D eigenvalue weighted by Crippen LogP contribution is 2.31. The normalized spacial score (nSPS) is 18.1. The third-order valence-corrected chi connectivity index (χ3v) is 4.63. The summed E-state index contributed by atoms with van der Waals surface area (Å²) >= 11 is 1.22. The molecule has 0 spiro atoms. The molecule has 1 aliphatic rings. The van der Waals surface area contributed by atoms with Crippen molar-refractivity contribution >= 4 is 28.3 Å². The van der Waals surface area contributed by atoms with Gasteiger partial charge in [-0.15, -0.1) is 10.2 Å². The molecule has 132 valence electrons. The second kappa shape index (κ2) is 7.62. The van der Waals surface area contributed by atoms with Crippen molar-refractivity contribution in [2.75, 3.05) is 18.5 Å². The van der Waals surface area contributed by atoms with E-state index >= 15 is 0 Å². The number of benzene rings is 1. The number of anilines is 1. The zero-order valence-electron chi connectivity index (χ0n) is 14.1. The SMILES string of the molecule is CCCC=C(Oc1ccccc1)c1nnc(N2C(=O)N(C)CC2O)s1. The van der Waals surface area contributed by atoms with Crippen LogP contribution in [0.4, 0.5) is 9.93 Å². The number of aliphatic hydroxyl groups is 1. The van der Waals surface area contributed by atoms with E-state index in [-0.39, 0.29) is 12.6 Å². The monoisotopic (exact) mass is 360 g/mol. The zero-order valence-corrected chi connectivity index (χ0v) is 14.9. The van der Waals surface area contributed by atoms with E-state index in [1.807, 2.05) is 36.4 Å². The van der Waals surface area contributed by atoms with Crippen molar-refractivity contribution in [3.05, 3.63) is 41.4 Å². The van der Waals surface area contributed by atoms with Gasteiger partial charge in [-0.05, 0) is 24.6 Å². The summed E-state index contributed by atoms with van der Waals surface area (Å²) in [7, 11) is 1.64. The lowest BCUT2D eigenvalue weighted by Crippen LogP contribution is -2.34. The van der Waals surface area contributed by atoms with E-state index in [0.717, 1.165) is 12.8 Å². The molecule has 8 heteroatoms. The van der Waals surface area contributed by atoms with Gasteiger partial charge in [-0.3, -0.25) is 0 Å². The first-order valence-corrected chi connectivity index (χ1v) is 8.91. The molecule has 0 aliphatic carbocycles. The predicted octanol–water partition coefficient (Wildman–Crippen LogP) is 2.95. The molecule has 1 N–H and O–H groups in total. The number of carbonyl (C=O) groups excluding carboxylic acids is 1. The number of amides is 2. The summed E-state index contributed by atoms with van der Waals surface area (Å²) in [4.78, 5) is 14.8. The highest BCUT2D eigenvalue weighted by Gasteiger charge is 2.37. The first-order chi connectivity index (χ1) is 12.1. The molecule has 2 aromatic rings. The average molecular weight is 360 g/mol. The van der Waals surface area contributed by atoms with Gasteiger partial charge in [-0.2, -0.15) is 0 Å². The molecule has 1 aliphatic heterocycles. The van der Waals surface area contributed by atoms with Crippen molar-refractivity contribution in [2.45, 2.75) is 26.0 Å². The molecule has 0 bridgehead atoms. The van der Waals surface area contributed by atoms with Crippen molar-refractivity contribution in [1.29, 1.82) is 0 Å². The number of urea groups is 1. The Labute approximate surface area is 150 Å². The number of para-hydroxylation sites is 1. The van der Waals surface area contributed by atoms with Gasteiger partial charge in [0.1, 0.15) is 5.75 Å². The molecular weight excluding hydrogens is 340 g/mol.